The van der Waals surface area contributed by atoms with Crippen LogP contribution >= 0.6 is 0 Å². The van der Waals surface area contributed by atoms with Crippen molar-refractivity contribution >= 4 is 22.7 Å². The van der Waals surface area contributed by atoms with Gasteiger partial charge in [0.2, 0.25) is 0 Å². The van der Waals surface area contributed by atoms with E-state index in [1.807, 2.05) is 24.3 Å². The van der Waals surface area contributed by atoms with Crippen molar-refractivity contribution in [2.75, 3.05) is 11.9 Å². The molecule has 2 aromatic heterocycles. The van der Waals surface area contributed by atoms with Crippen LogP contribution in [0.25, 0.3) is 22.3 Å². The summed E-state index contributed by atoms with van der Waals surface area (Å²) < 4.78 is 0. The molecule has 116 valence electrons. The molecule has 0 saturated heterocycles. The average Bonchev–Trinajstić information content (AvgIpc) is 2.59. The van der Waals surface area contributed by atoms with Crippen LogP contribution in [-0.4, -0.2) is 43.8 Å². The van der Waals surface area contributed by atoms with Gasteiger partial charge in [-0.05, 0) is 24.3 Å². The first-order valence-electron chi connectivity index (χ1n) is 6.96. The molecule has 0 fully saturated rings. The summed E-state index contributed by atoms with van der Waals surface area (Å²) in [6.07, 6.45) is 3.28. The van der Waals surface area contributed by atoms with Gasteiger partial charge in [-0.15, -0.1) is 0 Å². The number of anilines is 1. The van der Waals surface area contributed by atoms with Gasteiger partial charge in [-0.3, -0.25) is 4.98 Å². The third-order valence-corrected chi connectivity index (χ3v) is 3.31. The van der Waals surface area contributed by atoms with Crippen LogP contribution in [0.1, 0.15) is 0 Å². The molecule has 7 heteroatoms. The number of nitrogens with zero attached hydrogens (tertiary/aromatic N) is 3. The van der Waals surface area contributed by atoms with Gasteiger partial charge >= 0.3 is 5.97 Å². The maximum absolute atomic E-state index is 11.1. The van der Waals surface area contributed by atoms with Crippen LogP contribution in [0.5, 0.6) is 0 Å². The Morgan fingerprint density at radius 2 is 2.00 bits per heavy atom. The molecule has 0 radical (unpaired) electrons. The van der Waals surface area contributed by atoms with Crippen molar-refractivity contribution in [3.63, 3.8) is 0 Å². The molecule has 0 saturated carbocycles. The van der Waals surface area contributed by atoms with Crippen molar-refractivity contribution < 1.29 is 15.0 Å². The third-order valence-electron chi connectivity index (χ3n) is 3.31. The zero-order valence-corrected chi connectivity index (χ0v) is 12.0. The molecule has 0 aliphatic rings. The van der Waals surface area contributed by atoms with E-state index in [-0.39, 0.29) is 0 Å². The van der Waals surface area contributed by atoms with Crippen molar-refractivity contribution in [2.24, 2.45) is 0 Å². The Balaban J connectivity index is 2.13. The number of hydrogen-bond donors (Lipinski definition) is 3. The van der Waals surface area contributed by atoms with Gasteiger partial charge in [-0.2, -0.15) is 0 Å². The lowest BCUT2D eigenvalue weighted by Gasteiger charge is -2.15. The van der Waals surface area contributed by atoms with Crippen LogP contribution in [0.3, 0.4) is 0 Å². The number of para-hydroxylation sites is 1. The lowest BCUT2D eigenvalue weighted by atomic mass is 10.2. The smallest absolute Gasteiger partial charge is 0.328 e. The van der Waals surface area contributed by atoms with Gasteiger partial charge in [-0.25, -0.2) is 14.8 Å². The summed E-state index contributed by atoms with van der Waals surface area (Å²) in [5.41, 5.74) is 1.39. The molecule has 1 unspecified atom stereocenters. The van der Waals surface area contributed by atoms with E-state index in [4.69, 9.17) is 5.11 Å². The fourth-order valence-electron chi connectivity index (χ4n) is 2.16. The zero-order valence-electron chi connectivity index (χ0n) is 12.0. The average molecular weight is 310 g/mol. The number of hydrogen-bond acceptors (Lipinski definition) is 6. The second-order valence-electron chi connectivity index (χ2n) is 4.87. The number of carbonyl (C=O) groups is 1. The van der Waals surface area contributed by atoms with E-state index in [2.05, 4.69) is 20.3 Å². The molecule has 0 amide bonds. The van der Waals surface area contributed by atoms with Crippen LogP contribution in [0, 0.1) is 0 Å². The number of rotatable bonds is 5. The van der Waals surface area contributed by atoms with Crippen molar-refractivity contribution in [2.45, 2.75) is 6.04 Å². The van der Waals surface area contributed by atoms with Gasteiger partial charge in [0.05, 0.1) is 12.1 Å². The first kappa shape index (κ1) is 14.9. The Labute approximate surface area is 131 Å². The number of aliphatic hydroxyl groups is 1. The SMILES string of the molecule is O=C(O)C(CO)Nc1nc(-c2cccnc2)nc2ccccc12. The minimum absolute atomic E-state index is 0.357. The van der Waals surface area contributed by atoms with Crippen LogP contribution in [0.2, 0.25) is 0 Å². The van der Waals surface area contributed by atoms with Gasteiger partial charge in [0.1, 0.15) is 11.9 Å². The summed E-state index contributed by atoms with van der Waals surface area (Å²) in [6.45, 7) is -0.546. The molecule has 3 aromatic rings. The Morgan fingerprint density at radius 3 is 2.70 bits per heavy atom. The highest BCUT2D eigenvalue weighted by Crippen LogP contribution is 2.24. The molecule has 1 atom stereocenters. The molecule has 1 aromatic carbocycles. The molecule has 0 bridgehead atoms. The molecule has 0 spiro atoms. The van der Waals surface area contributed by atoms with E-state index in [9.17, 15) is 9.90 Å². The van der Waals surface area contributed by atoms with Crippen molar-refractivity contribution in [1.82, 2.24) is 15.0 Å². The lowest BCUT2D eigenvalue weighted by Crippen LogP contribution is -2.33. The number of carboxylic acids is 1. The van der Waals surface area contributed by atoms with Gasteiger partial charge < -0.3 is 15.5 Å². The minimum atomic E-state index is -1.15. The molecule has 3 N–H and O–H groups in total. The molecular weight excluding hydrogens is 296 g/mol. The molecule has 0 aliphatic carbocycles. The van der Waals surface area contributed by atoms with Crippen LogP contribution < -0.4 is 5.32 Å². The Morgan fingerprint density at radius 1 is 1.17 bits per heavy atom. The van der Waals surface area contributed by atoms with Gasteiger partial charge in [0, 0.05) is 23.3 Å². The number of pyridine rings is 1. The van der Waals surface area contributed by atoms with E-state index in [1.165, 1.54) is 0 Å². The standard InChI is InChI=1S/C16H14N4O3/c21-9-13(16(22)23)19-15-11-5-1-2-6-12(11)18-14(20-15)10-4-3-7-17-8-10/h1-8,13,21H,9H2,(H,22,23)(H,18,19,20). The van der Waals surface area contributed by atoms with E-state index < -0.39 is 18.6 Å². The summed E-state index contributed by atoms with van der Waals surface area (Å²) in [6, 6.07) is 9.71. The number of nitrogens with one attached hydrogen (secondary N) is 1. The molecule has 2 heterocycles. The molecule has 7 nitrogen and oxygen atoms in total. The maximum atomic E-state index is 11.1. The summed E-state index contributed by atoms with van der Waals surface area (Å²) in [5.74, 6) is -0.365. The minimum Gasteiger partial charge on any atom is -0.480 e. The first-order chi connectivity index (χ1) is 11.2. The summed E-state index contributed by atoms with van der Waals surface area (Å²) in [7, 11) is 0. The normalized spacial score (nSPS) is 12.0. The van der Waals surface area contributed by atoms with Gasteiger partial charge in [0.25, 0.3) is 0 Å². The fourth-order valence-corrected chi connectivity index (χ4v) is 2.16. The van der Waals surface area contributed by atoms with Crippen molar-refractivity contribution in [3.8, 4) is 11.4 Å². The third kappa shape index (κ3) is 3.09. The van der Waals surface area contributed by atoms with E-state index >= 15 is 0 Å². The molecule has 23 heavy (non-hydrogen) atoms. The molecular formula is C16H14N4O3. The molecule has 0 aliphatic heterocycles. The predicted octanol–water partition coefficient (Wildman–Crippen LogP) is 1.55. The molecule has 3 rings (SSSR count). The first-order valence-corrected chi connectivity index (χ1v) is 6.96. The number of benzene rings is 1. The highest BCUT2D eigenvalue weighted by atomic mass is 16.4. The number of fused-ring (bicyclic) bond motifs is 1. The van der Waals surface area contributed by atoms with E-state index in [0.717, 1.165) is 5.56 Å². The number of carboxylic acid groups (broad SMARTS) is 1. The highest BCUT2D eigenvalue weighted by Gasteiger charge is 2.18. The zero-order chi connectivity index (χ0) is 16.2. The monoisotopic (exact) mass is 310 g/mol. The Hall–Kier alpha value is -3.06. The fraction of sp³-hybridized carbons (Fsp3) is 0.125. The summed E-state index contributed by atoms with van der Waals surface area (Å²) in [5, 5.41) is 21.8. The lowest BCUT2D eigenvalue weighted by molar-refractivity contribution is -0.138. The van der Waals surface area contributed by atoms with Crippen molar-refractivity contribution in [3.05, 3.63) is 48.8 Å². The Kier molecular flexibility index (Phi) is 4.11. The predicted molar refractivity (Wildman–Crippen MR) is 84.9 cm³/mol. The number of aliphatic hydroxyl groups excluding tert-OH is 1. The van der Waals surface area contributed by atoms with Crippen molar-refractivity contribution in [1.29, 1.82) is 0 Å². The van der Waals surface area contributed by atoms with Crippen LogP contribution in [-0.2, 0) is 4.79 Å². The number of aromatic nitrogens is 3. The van der Waals surface area contributed by atoms with E-state index in [0.29, 0.717) is 22.5 Å². The second kappa shape index (κ2) is 6.37. The number of aliphatic carboxylic acids is 1. The summed E-state index contributed by atoms with van der Waals surface area (Å²) in [4.78, 5) is 24.1. The maximum Gasteiger partial charge on any atom is 0.328 e. The quantitative estimate of drug-likeness (QED) is 0.656. The van der Waals surface area contributed by atoms with Crippen LogP contribution in [0.15, 0.2) is 48.8 Å². The summed E-state index contributed by atoms with van der Waals surface area (Å²) >= 11 is 0. The van der Waals surface area contributed by atoms with Gasteiger partial charge in [0.15, 0.2) is 5.82 Å². The highest BCUT2D eigenvalue weighted by molar-refractivity contribution is 5.92. The Bertz CT molecular complexity index is 839. The van der Waals surface area contributed by atoms with E-state index in [1.54, 1.807) is 24.5 Å². The van der Waals surface area contributed by atoms with Crippen LogP contribution in [0.4, 0.5) is 5.82 Å². The largest absolute Gasteiger partial charge is 0.480 e. The van der Waals surface area contributed by atoms with Gasteiger partial charge in [-0.1, -0.05) is 12.1 Å². The topological polar surface area (TPSA) is 108 Å². The second-order valence-corrected chi connectivity index (χ2v) is 4.87.